The van der Waals surface area contributed by atoms with Crippen LogP contribution in [-0.2, 0) is 0 Å². The molecule has 118 valence electrons. The van der Waals surface area contributed by atoms with E-state index in [9.17, 15) is 4.79 Å². The van der Waals surface area contributed by atoms with E-state index in [1.807, 2.05) is 61.5 Å². The van der Waals surface area contributed by atoms with E-state index in [1.165, 1.54) is 0 Å². The second kappa shape index (κ2) is 5.74. The van der Waals surface area contributed by atoms with Gasteiger partial charge in [0.05, 0.1) is 11.3 Å². The monoisotopic (exact) mass is 315 g/mol. The number of hydrogen-bond donors (Lipinski definition) is 3. The van der Waals surface area contributed by atoms with E-state index in [-0.39, 0.29) is 5.56 Å². The predicted molar refractivity (Wildman–Crippen MR) is 96.8 cm³/mol. The van der Waals surface area contributed by atoms with Crippen LogP contribution in [-0.4, -0.2) is 15.2 Å². The number of rotatable bonds is 3. The molecule has 0 aliphatic carbocycles. The quantitative estimate of drug-likeness (QED) is 0.517. The van der Waals surface area contributed by atoms with Crippen molar-refractivity contribution in [3.63, 3.8) is 0 Å². The maximum atomic E-state index is 12.3. The number of aromatic nitrogens is 3. The minimum Gasteiger partial charge on any atom is -0.354 e. The van der Waals surface area contributed by atoms with E-state index in [2.05, 4.69) is 27.3 Å². The molecule has 3 N–H and O–H groups in total. The van der Waals surface area contributed by atoms with Gasteiger partial charge in [-0.15, -0.1) is 0 Å². The van der Waals surface area contributed by atoms with Gasteiger partial charge in [-0.3, -0.25) is 9.89 Å². The molecule has 0 aliphatic heterocycles. The number of nitrogens with one attached hydrogen (secondary N) is 3. The third-order valence-corrected chi connectivity index (χ3v) is 4.20. The lowest BCUT2D eigenvalue weighted by molar-refractivity contribution is 1.02. The highest BCUT2D eigenvalue weighted by atomic mass is 16.1. The maximum absolute atomic E-state index is 12.3. The van der Waals surface area contributed by atoms with Gasteiger partial charge in [0.25, 0.3) is 5.56 Å². The van der Waals surface area contributed by atoms with E-state index in [0.717, 1.165) is 33.8 Å². The molecule has 2 aromatic carbocycles. The molecule has 0 spiro atoms. The summed E-state index contributed by atoms with van der Waals surface area (Å²) in [7, 11) is 0. The normalized spacial score (nSPS) is 10.9. The van der Waals surface area contributed by atoms with Crippen LogP contribution in [0.15, 0.2) is 71.5 Å². The Morgan fingerprint density at radius 3 is 2.00 bits per heavy atom. The minimum atomic E-state index is -0.108. The third-order valence-electron chi connectivity index (χ3n) is 4.20. The van der Waals surface area contributed by atoms with Crippen LogP contribution >= 0.6 is 0 Å². The van der Waals surface area contributed by atoms with Gasteiger partial charge in [-0.05, 0) is 24.1 Å². The van der Waals surface area contributed by atoms with Crippen LogP contribution in [0.5, 0.6) is 0 Å². The van der Waals surface area contributed by atoms with E-state index in [0.29, 0.717) is 5.56 Å². The van der Waals surface area contributed by atoms with Gasteiger partial charge in [0, 0.05) is 17.0 Å². The smallest absolute Gasteiger partial charge is 0.272 e. The van der Waals surface area contributed by atoms with Crippen LogP contribution in [0.25, 0.3) is 33.6 Å². The van der Waals surface area contributed by atoms with E-state index < -0.39 is 0 Å². The number of H-pyrrole nitrogens is 3. The highest BCUT2D eigenvalue weighted by Crippen LogP contribution is 2.35. The molecule has 4 nitrogen and oxygen atoms in total. The predicted octanol–water partition coefficient (Wildman–Crippen LogP) is 4.34. The Morgan fingerprint density at radius 2 is 1.42 bits per heavy atom. The number of hydrogen-bond acceptors (Lipinski definition) is 1. The molecule has 4 rings (SSSR count). The summed E-state index contributed by atoms with van der Waals surface area (Å²) in [4.78, 5) is 15.8. The fraction of sp³-hybridized carbons (Fsp3) is 0.0500. The molecule has 0 fully saturated rings. The summed E-state index contributed by atoms with van der Waals surface area (Å²) >= 11 is 0. The summed E-state index contributed by atoms with van der Waals surface area (Å²) in [6.07, 6.45) is 0. The fourth-order valence-electron chi connectivity index (χ4n) is 3.03. The van der Waals surface area contributed by atoms with Crippen molar-refractivity contribution in [1.82, 2.24) is 15.2 Å². The first-order valence-electron chi connectivity index (χ1n) is 7.85. The fourth-order valence-corrected chi connectivity index (χ4v) is 3.03. The van der Waals surface area contributed by atoms with Crippen molar-refractivity contribution >= 4 is 0 Å². The van der Waals surface area contributed by atoms with Crippen LogP contribution < -0.4 is 5.56 Å². The van der Waals surface area contributed by atoms with E-state index >= 15 is 0 Å². The molecule has 0 radical (unpaired) electrons. The molecule has 0 saturated heterocycles. The van der Waals surface area contributed by atoms with Crippen molar-refractivity contribution < 1.29 is 0 Å². The van der Waals surface area contributed by atoms with Gasteiger partial charge < -0.3 is 10.1 Å². The van der Waals surface area contributed by atoms with Crippen LogP contribution in [0.2, 0.25) is 0 Å². The summed E-state index contributed by atoms with van der Waals surface area (Å²) in [6, 6.07) is 22.2. The summed E-state index contributed by atoms with van der Waals surface area (Å²) < 4.78 is 0. The molecular weight excluding hydrogens is 298 g/mol. The van der Waals surface area contributed by atoms with Crippen LogP contribution in [0.3, 0.4) is 0 Å². The molecule has 0 unspecified atom stereocenters. The molecule has 2 heterocycles. The summed E-state index contributed by atoms with van der Waals surface area (Å²) in [5.41, 5.74) is 6.37. The van der Waals surface area contributed by atoms with Gasteiger partial charge in [-0.1, -0.05) is 60.7 Å². The first-order chi connectivity index (χ1) is 11.7. The second-order valence-corrected chi connectivity index (χ2v) is 5.78. The highest BCUT2D eigenvalue weighted by Gasteiger charge is 2.18. The Balaban J connectivity index is 1.98. The van der Waals surface area contributed by atoms with Crippen molar-refractivity contribution in [3.05, 3.63) is 82.8 Å². The van der Waals surface area contributed by atoms with Gasteiger partial charge in [0.1, 0.15) is 0 Å². The van der Waals surface area contributed by atoms with Gasteiger partial charge in [-0.2, -0.15) is 0 Å². The molecule has 0 atom stereocenters. The Morgan fingerprint density at radius 1 is 0.792 bits per heavy atom. The molecule has 4 aromatic rings. The SMILES string of the molecule is Cc1[nH][nH]c(=O)c1-c1cc(-c2ccccc2)[nH]c1-c1ccccc1. The average molecular weight is 315 g/mol. The number of aromatic amines is 3. The van der Waals surface area contributed by atoms with E-state index in [4.69, 9.17) is 0 Å². The van der Waals surface area contributed by atoms with Crippen LogP contribution in [0, 0.1) is 6.92 Å². The molecule has 0 bridgehead atoms. The zero-order valence-electron chi connectivity index (χ0n) is 13.3. The second-order valence-electron chi connectivity index (χ2n) is 5.78. The van der Waals surface area contributed by atoms with Crippen LogP contribution in [0.4, 0.5) is 0 Å². The van der Waals surface area contributed by atoms with Crippen molar-refractivity contribution in [1.29, 1.82) is 0 Å². The Kier molecular flexibility index (Phi) is 3.43. The standard InChI is InChI=1S/C20H17N3O/c1-13-18(20(24)23-22-13)16-12-17(14-8-4-2-5-9-14)21-19(16)15-10-6-3-7-11-15/h2-12,21H,1H3,(H2,22,23,24). The molecular formula is C20H17N3O. The van der Waals surface area contributed by atoms with Crippen molar-refractivity contribution in [2.45, 2.75) is 6.92 Å². The molecule has 0 aliphatic rings. The van der Waals surface area contributed by atoms with Gasteiger partial charge >= 0.3 is 0 Å². The summed E-state index contributed by atoms with van der Waals surface area (Å²) in [5, 5.41) is 5.58. The topological polar surface area (TPSA) is 64.4 Å². The lowest BCUT2D eigenvalue weighted by atomic mass is 10.0. The molecule has 0 amide bonds. The maximum Gasteiger partial charge on any atom is 0.272 e. The van der Waals surface area contributed by atoms with Crippen LogP contribution in [0.1, 0.15) is 5.69 Å². The van der Waals surface area contributed by atoms with Gasteiger partial charge in [0.2, 0.25) is 0 Å². The van der Waals surface area contributed by atoms with Crippen molar-refractivity contribution in [3.8, 4) is 33.6 Å². The average Bonchev–Trinajstić information content (AvgIpc) is 3.20. The Labute approximate surface area is 139 Å². The zero-order chi connectivity index (χ0) is 16.5. The summed E-state index contributed by atoms with van der Waals surface area (Å²) in [6.45, 7) is 1.90. The molecule has 0 saturated carbocycles. The largest absolute Gasteiger partial charge is 0.354 e. The van der Waals surface area contributed by atoms with E-state index in [1.54, 1.807) is 0 Å². The third kappa shape index (κ3) is 2.38. The van der Waals surface area contributed by atoms with Crippen molar-refractivity contribution in [2.75, 3.05) is 0 Å². The molecule has 2 aromatic heterocycles. The first-order valence-corrected chi connectivity index (χ1v) is 7.85. The minimum absolute atomic E-state index is 0.108. The van der Waals surface area contributed by atoms with Gasteiger partial charge in [0.15, 0.2) is 0 Å². The Bertz CT molecular complexity index is 1020. The highest BCUT2D eigenvalue weighted by molar-refractivity contribution is 5.86. The lowest BCUT2D eigenvalue weighted by Gasteiger charge is -2.03. The number of benzene rings is 2. The first kappa shape index (κ1) is 14.3. The van der Waals surface area contributed by atoms with Gasteiger partial charge in [-0.25, -0.2) is 0 Å². The number of aryl methyl sites for hydroxylation is 1. The lowest BCUT2D eigenvalue weighted by Crippen LogP contribution is -2.02. The summed E-state index contributed by atoms with van der Waals surface area (Å²) in [5.74, 6) is 0. The molecule has 4 heteroatoms. The molecule has 24 heavy (non-hydrogen) atoms. The zero-order valence-corrected chi connectivity index (χ0v) is 13.3. The Hall–Kier alpha value is -3.27. The van der Waals surface area contributed by atoms with Crippen molar-refractivity contribution in [2.24, 2.45) is 0 Å².